The zero-order valence-electron chi connectivity index (χ0n) is 19.3. The minimum atomic E-state index is -0.229. The van der Waals surface area contributed by atoms with Crippen LogP contribution in [0, 0.1) is 6.07 Å². The van der Waals surface area contributed by atoms with Crippen LogP contribution >= 0.6 is 0 Å². The van der Waals surface area contributed by atoms with Crippen molar-refractivity contribution < 1.29 is 26.2 Å². The van der Waals surface area contributed by atoms with Crippen molar-refractivity contribution in [2.45, 2.75) is 19.3 Å². The van der Waals surface area contributed by atoms with Crippen molar-refractivity contribution in [3.8, 4) is 17.0 Å². The summed E-state index contributed by atoms with van der Waals surface area (Å²) < 4.78 is 0. The number of nitrogen functional groups attached to an aromatic ring is 1. The molecule has 0 unspecified atom stereocenters. The van der Waals surface area contributed by atoms with Crippen molar-refractivity contribution in [2.75, 3.05) is 10.6 Å². The van der Waals surface area contributed by atoms with E-state index in [0.717, 1.165) is 39.4 Å². The SMILES string of the molecule is CC1(C)c2ccc(-c3ccc4cccc(O)c4n3)[c-]c2N(c2cc(N)ccn2)c2ccccc21.[Pt]. The molecule has 5 aromatic rings. The average molecular weight is 639 g/mol. The molecule has 0 saturated carbocycles. The van der Waals surface area contributed by atoms with Crippen molar-refractivity contribution in [1.82, 2.24) is 9.97 Å². The Morgan fingerprint density at radius 2 is 1.74 bits per heavy atom. The molecular formula is C29H23N4OPt-. The molecule has 0 bridgehead atoms. The molecule has 0 aliphatic carbocycles. The second-order valence-corrected chi connectivity index (χ2v) is 9.10. The number of fused-ring (bicyclic) bond motifs is 3. The van der Waals surface area contributed by atoms with E-state index in [9.17, 15) is 5.11 Å². The molecule has 0 fully saturated rings. The number of anilines is 4. The van der Waals surface area contributed by atoms with Gasteiger partial charge in [0.2, 0.25) is 0 Å². The molecule has 6 rings (SSSR count). The molecule has 0 radical (unpaired) electrons. The molecule has 3 heterocycles. The third kappa shape index (κ3) is 3.67. The molecule has 0 atom stereocenters. The number of aromatic nitrogens is 2. The smallest absolute Gasteiger partial charge is 0.140 e. The van der Waals surface area contributed by atoms with Gasteiger partial charge in [0.1, 0.15) is 17.1 Å². The monoisotopic (exact) mass is 638 g/mol. The number of phenolic OH excluding ortho intramolecular Hbond substituents is 1. The number of para-hydroxylation sites is 2. The standard InChI is InChI=1S/C29H23N4O.Pt/c1-29(2)21-7-3-4-8-24(21)33(27-17-20(30)14-15-31-27)25-16-19(10-12-22(25)29)23-13-11-18-6-5-9-26(34)28(18)32-23;/h3-15,17,34H,1-2H3,(H2,30,31);/q-1;. The predicted octanol–water partition coefficient (Wildman–Crippen LogP) is 6.49. The van der Waals surface area contributed by atoms with E-state index in [1.807, 2.05) is 42.5 Å². The van der Waals surface area contributed by atoms with Crippen LogP contribution in [0.1, 0.15) is 25.0 Å². The number of hydrogen-bond acceptors (Lipinski definition) is 5. The molecule has 35 heavy (non-hydrogen) atoms. The van der Waals surface area contributed by atoms with Crippen molar-refractivity contribution in [2.24, 2.45) is 0 Å². The van der Waals surface area contributed by atoms with Gasteiger partial charge in [-0.3, -0.25) is 4.98 Å². The van der Waals surface area contributed by atoms with Crippen LogP contribution in [0.4, 0.5) is 22.9 Å². The van der Waals surface area contributed by atoms with Crippen LogP contribution in [0.3, 0.4) is 0 Å². The predicted molar refractivity (Wildman–Crippen MR) is 137 cm³/mol. The van der Waals surface area contributed by atoms with E-state index >= 15 is 0 Å². The van der Waals surface area contributed by atoms with Gasteiger partial charge in [0.15, 0.2) is 0 Å². The molecule has 176 valence electrons. The van der Waals surface area contributed by atoms with Gasteiger partial charge < -0.3 is 15.7 Å². The van der Waals surface area contributed by atoms with E-state index in [2.05, 4.69) is 54.1 Å². The fourth-order valence-electron chi connectivity index (χ4n) is 4.85. The summed E-state index contributed by atoms with van der Waals surface area (Å²) in [4.78, 5) is 11.5. The fourth-order valence-corrected chi connectivity index (χ4v) is 4.85. The summed E-state index contributed by atoms with van der Waals surface area (Å²) in [6.45, 7) is 4.46. The molecule has 0 amide bonds. The number of rotatable bonds is 2. The summed E-state index contributed by atoms with van der Waals surface area (Å²) in [7, 11) is 0. The molecule has 0 saturated heterocycles. The van der Waals surface area contributed by atoms with Gasteiger partial charge in [0.25, 0.3) is 0 Å². The van der Waals surface area contributed by atoms with Crippen LogP contribution in [-0.2, 0) is 26.5 Å². The topological polar surface area (TPSA) is 75.3 Å². The van der Waals surface area contributed by atoms with E-state index in [0.29, 0.717) is 11.2 Å². The van der Waals surface area contributed by atoms with Gasteiger partial charge in [-0.2, -0.15) is 0 Å². The summed E-state index contributed by atoms with van der Waals surface area (Å²) in [6.07, 6.45) is 1.73. The first-order valence-corrected chi connectivity index (χ1v) is 11.2. The fraction of sp³-hybridized carbons (Fsp3) is 0.103. The Hall–Kier alpha value is -3.69. The van der Waals surface area contributed by atoms with Gasteiger partial charge in [-0.1, -0.05) is 61.9 Å². The molecule has 2 aromatic heterocycles. The van der Waals surface area contributed by atoms with Gasteiger partial charge in [0.05, 0.1) is 0 Å². The zero-order chi connectivity index (χ0) is 23.4. The van der Waals surface area contributed by atoms with Gasteiger partial charge in [0, 0.05) is 50.1 Å². The third-order valence-corrected chi connectivity index (χ3v) is 6.61. The first kappa shape index (κ1) is 23.1. The number of phenols is 1. The Morgan fingerprint density at radius 1 is 0.914 bits per heavy atom. The van der Waals surface area contributed by atoms with Crippen LogP contribution in [-0.4, -0.2) is 15.1 Å². The maximum Gasteiger partial charge on any atom is 0.140 e. The van der Waals surface area contributed by atoms with Crippen LogP contribution in [0.25, 0.3) is 22.2 Å². The largest absolute Gasteiger partial charge is 0.506 e. The van der Waals surface area contributed by atoms with Gasteiger partial charge >= 0.3 is 0 Å². The van der Waals surface area contributed by atoms with Crippen molar-refractivity contribution in [3.05, 3.63) is 102 Å². The Labute approximate surface area is 218 Å². The first-order valence-electron chi connectivity index (χ1n) is 11.2. The molecule has 1 aliphatic heterocycles. The number of aromatic hydroxyl groups is 1. The van der Waals surface area contributed by atoms with E-state index in [1.165, 1.54) is 5.56 Å². The summed E-state index contributed by atoms with van der Waals surface area (Å²) >= 11 is 0. The summed E-state index contributed by atoms with van der Waals surface area (Å²) in [5, 5.41) is 11.2. The molecular weight excluding hydrogens is 615 g/mol. The third-order valence-electron chi connectivity index (χ3n) is 6.61. The number of pyridine rings is 2. The van der Waals surface area contributed by atoms with E-state index in [-0.39, 0.29) is 32.2 Å². The Kier molecular flexibility index (Phi) is 5.61. The quantitative estimate of drug-likeness (QED) is 0.216. The summed E-state index contributed by atoms with van der Waals surface area (Å²) in [5.41, 5.74) is 13.0. The average Bonchev–Trinajstić information content (AvgIpc) is 2.84. The second kappa shape index (κ2) is 8.51. The molecule has 1 aliphatic rings. The number of hydrogen-bond donors (Lipinski definition) is 2. The van der Waals surface area contributed by atoms with Crippen LogP contribution in [0.2, 0.25) is 0 Å². The number of nitrogens with two attached hydrogens (primary N) is 1. The van der Waals surface area contributed by atoms with Gasteiger partial charge in [-0.05, 0) is 40.6 Å². The van der Waals surface area contributed by atoms with E-state index in [1.54, 1.807) is 18.3 Å². The maximum atomic E-state index is 10.3. The van der Waals surface area contributed by atoms with Gasteiger partial charge in [-0.15, -0.1) is 23.8 Å². The Bertz CT molecular complexity index is 1580. The van der Waals surface area contributed by atoms with Crippen LogP contribution in [0.5, 0.6) is 5.75 Å². The minimum absolute atomic E-state index is 0. The van der Waals surface area contributed by atoms with E-state index in [4.69, 9.17) is 10.7 Å². The summed E-state index contributed by atoms with van der Waals surface area (Å²) in [5.74, 6) is 0.902. The first-order chi connectivity index (χ1) is 16.4. The zero-order valence-corrected chi connectivity index (χ0v) is 21.5. The maximum absolute atomic E-state index is 10.3. The van der Waals surface area contributed by atoms with Crippen molar-refractivity contribution in [3.63, 3.8) is 0 Å². The molecule has 5 nitrogen and oxygen atoms in total. The van der Waals surface area contributed by atoms with E-state index < -0.39 is 0 Å². The Balaban J connectivity index is 0.00000253. The van der Waals surface area contributed by atoms with Gasteiger partial charge in [-0.25, -0.2) is 4.98 Å². The van der Waals surface area contributed by atoms with Crippen molar-refractivity contribution in [1.29, 1.82) is 0 Å². The normalized spacial score (nSPS) is 13.6. The number of benzene rings is 3. The summed E-state index contributed by atoms with van der Waals surface area (Å²) in [6, 6.07) is 29.2. The molecule has 3 N–H and O–H groups in total. The Morgan fingerprint density at radius 3 is 2.57 bits per heavy atom. The minimum Gasteiger partial charge on any atom is -0.506 e. The molecule has 3 aromatic carbocycles. The second-order valence-electron chi connectivity index (χ2n) is 9.10. The molecule has 6 heteroatoms. The molecule has 0 spiro atoms. The van der Waals surface area contributed by atoms with Crippen LogP contribution in [0.15, 0.2) is 85.1 Å². The van der Waals surface area contributed by atoms with Crippen molar-refractivity contribution >= 4 is 33.8 Å². The number of nitrogens with zero attached hydrogens (tertiary/aromatic N) is 3. The van der Waals surface area contributed by atoms with Crippen LogP contribution < -0.4 is 10.6 Å².